The first-order valence-electron chi connectivity index (χ1n) is 5.36. The summed E-state index contributed by atoms with van der Waals surface area (Å²) < 4.78 is 11.7. The molecule has 0 radical (unpaired) electrons. The SMILES string of the molecule is CCOC(=O)c1cc(CSc2nnc(SC)s2)on1. The van der Waals surface area contributed by atoms with E-state index in [0.717, 1.165) is 8.68 Å². The Kier molecular flexibility index (Phi) is 5.23. The van der Waals surface area contributed by atoms with Gasteiger partial charge in [-0.2, -0.15) is 0 Å². The normalized spacial score (nSPS) is 10.6. The molecule has 0 spiro atoms. The van der Waals surface area contributed by atoms with E-state index in [4.69, 9.17) is 9.26 Å². The molecule has 0 N–H and O–H groups in total. The zero-order chi connectivity index (χ0) is 13.7. The third kappa shape index (κ3) is 3.95. The van der Waals surface area contributed by atoms with E-state index in [1.807, 2.05) is 6.26 Å². The third-order valence-corrected chi connectivity index (χ3v) is 5.00. The van der Waals surface area contributed by atoms with Crippen LogP contribution in [0.5, 0.6) is 0 Å². The van der Waals surface area contributed by atoms with Gasteiger partial charge in [-0.3, -0.25) is 0 Å². The summed E-state index contributed by atoms with van der Waals surface area (Å²) in [6.45, 7) is 2.06. The van der Waals surface area contributed by atoms with Gasteiger partial charge in [-0.25, -0.2) is 4.79 Å². The first-order chi connectivity index (χ1) is 9.22. The molecule has 0 bridgehead atoms. The maximum atomic E-state index is 11.4. The molecule has 0 aromatic carbocycles. The highest BCUT2D eigenvalue weighted by Gasteiger charge is 2.14. The maximum absolute atomic E-state index is 11.4. The highest BCUT2D eigenvalue weighted by molar-refractivity contribution is 8.02. The van der Waals surface area contributed by atoms with Gasteiger partial charge in [0.05, 0.1) is 12.4 Å². The van der Waals surface area contributed by atoms with Gasteiger partial charge >= 0.3 is 5.97 Å². The third-order valence-electron chi connectivity index (χ3n) is 1.94. The minimum atomic E-state index is -0.469. The first-order valence-corrected chi connectivity index (χ1v) is 8.38. The predicted molar refractivity (Wildman–Crippen MR) is 73.7 cm³/mol. The summed E-state index contributed by atoms with van der Waals surface area (Å²) in [4.78, 5) is 11.4. The molecule has 2 heterocycles. The Labute approximate surface area is 122 Å². The van der Waals surface area contributed by atoms with Crippen LogP contribution >= 0.6 is 34.9 Å². The molecule has 102 valence electrons. The van der Waals surface area contributed by atoms with Gasteiger partial charge < -0.3 is 9.26 Å². The van der Waals surface area contributed by atoms with Crippen LogP contribution in [0.25, 0.3) is 0 Å². The summed E-state index contributed by atoms with van der Waals surface area (Å²) in [5, 5.41) is 11.7. The maximum Gasteiger partial charge on any atom is 0.360 e. The van der Waals surface area contributed by atoms with Gasteiger partial charge in [-0.1, -0.05) is 40.0 Å². The average Bonchev–Trinajstić information content (AvgIpc) is 3.06. The van der Waals surface area contributed by atoms with Gasteiger partial charge in [0.15, 0.2) is 14.4 Å². The molecular formula is C10H11N3O3S3. The number of hydrogen-bond acceptors (Lipinski definition) is 9. The van der Waals surface area contributed by atoms with Crippen molar-refractivity contribution in [2.24, 2.45) is 0 Å². The Hall–Kier alpha value is -1.06. The van der Waals surface area contributed by atoms with Crippen LogP contribution in [0.3, 0.4) is 0 Å². The Morgan fingerprint density at radius 3 is 2.95 bits per heavy atom. The molecule has 0 saturated heterocycles. The number of carbonyl (C=O) groups is 1. The van der Waals surface area contributed by atoms with Crippen molar-refractivity contribution >= 4 is 40.8 Å². The van der Waals surface area contributed by atoms with Crippen LogP contribution < -0.4 is 0 Å². The fourth-order valence-corrected chi connectivity index (χ4v) is 3.47. The summed E-state index contributed by atoms with van der Waals surface area (Å²) in [5.41, 5.74) is 0.194. The second kappa shape index (κ2) is 6.92. The Balaban J connectivity index is 1.91. The van der Waals surface area contributed by atoms with Crippen molar-refractivity contribution in [2.45, 2.75) is 21.4 Å². The molecule has 9 heteroatoms. The average molecular weight is 317 g/mol. The largest absolute Gasteiger partial charge is 0.461 e. The van der Waals surface area contributed by atoms with Crippen molar-refractivity contribution < 1.29 is 14.1 Å². The molecule has 0 unspecified atom stereocenters. The number of ether oxygens (including phenoxy) is 1. The predicted octanol–water partition coefficient (Wildman–Crippen LogP) is 2.72. The molecule has 2 aromatic rings. The molecule has 0 saturated carbocycles. The minimum Gasteiger partial charge on any atom is -0.461 e. The number of thioether (sulfide) groups is 2. The van der Waals surface area contributed by atoms with Gasteiger partial charge in [0.1, 0.15) is 5.76 Å². The Morgan fingerprint density at radius 2 is 2.26 bits per heavy atom. The lowest BCUT2D eigenvalue weighted by atomic mass is 10.4. The number of nitrogens with zero attached hydrogens (tertiary/aromatic N) is 3. The molecule has 0 fully saturated rings. The summed E-state index contributed by atoms with van der Waals surface area (Å²) in [6, 6.07) is 1.58. The molecule has 0 aliphatic carbocycles. The van der Waals surface area contributed by atoms with Crippen LogP contribution in [0.2, 0.25) is 0 Å². The lowest BCUT2D eigenvalue weighted by Crippen LogP contribution is -2.04. The van der Waals surface area contributed by atoms with Crippen LogP contribution in [-0.4, -0.2) is 34.2 Å². The van der Waals surface area contributed by atoms with E-state index in [2.05, 4.69) is 15.4 Å². The van der Waals surface area contributed by atoms with Gasteiger partial charge in [-0.05, 0) is 13.2 Å². The van der Waals surface area contributed by atoms with Crippen LogP contribution in [0.4, 0.5) is 0 Å². The van der Waals surface area contributed by atoms with E-state index in [-0.39, 0.29) is 5.69 Å². The van der Waals surface area contributed by atoms with Gasteiger partial charge in [0.2, 0.25) is 0 Å². The molecule has 0 atom stereocenters. The number of esters is 1. The fourth-order valence-electron chi connectivity index (χ4n) is 1.15. The summed E-state index contributed by atoms with van der Waals surface area (Å²) in [5.74, 6) is 0.687. The van der Waals surface area contributed by atoms with Gasteiger partial charge in [0.25, 0.3) is 0 Å². The van der Waals surface area contributed by atoms with Crippen molar-refractivity contribution in [2.75, 3.05) is 12.9 Å². The van der Waals surface area contributed by atoms with Crippen molar-refractivity contribution in [3.05, 3.63) is 17.5 Å². The summed E-state index contributed by atoms with van der Waals surface area (Å²) >= 11 is 4.58. The van der Waals surface area contributed by atoms with E-state index in [1.165, 1.54) is 23.1 Å². The highest BCUT2D eigenvalue weighted by atomic mass is 32.2. The molecule has 0 aliphatic rings. The van der Waals surface area contributed by atoms with E-state index in [9.17, 15) is 4.79 Å². The minimum absolute atomic E-state index is 0.194. The Morgan fingerprint density at radius 1 is 1.47 bits per heavy atom. The molecule has 2 aromatic heterocycles. The van der Waals surface area contributed by atoms with Crippen LogP contribution in [0.1, 0.15) is 23.2 Å². The zero-order valence-electron chi connectivity index (χ0n) is 10.3. The first kappa shape index (κ1) is 14.4. The van der Waals surface area contributed by atoms with Crippen LogP contribution in [0.15, 0.2) is 19.3 Å². The van der Waals surface area contributed by atoms with Crippen molar-refractivity contribution in [1.82, 2.24) is 15.4 Å². The van der Waals surface area contributed by atoms with Crippen molar-refractivity contribution in [1.29, 1.82) is 0 Å². The molecule has 0 aliphatic heterocycles. The molecule has 0 amide bonds. The summed E-state index contributed by atoms with van der Waals surface area (Å²) in [6.07, 6.45) is 1.96. The number of aromatic nitrogens is 3. The second-order valence-corrected chi connectivity index (χ2v) is 6.48. The van der Waals surface area contributed by atoms with Gasteiger partial charge in [0, 0.05) is 6.07 Å². The smallest absolute Gasteiger partial charge is 0.360 e. The standard InChI is InChI=1S/C10H11N3O3S3/c1-3-15-8(14)7-4-6(16-13-7)5-18-10-12-11-9(17-2)19-10/h4H,3,5H2,1-2H3. The molecular weight excluding hydrogens is 306 g/mol. The molecule has 2 rings (SSSR count). The lowest BCUT2D eigenvalue weighted by molar-refractivity contribution is 0.0514. The monoisotopic (exact) mass is 317 g/mol. The van der Waals surface area contributed by atoms with Crippen LogP contribution in [-0.2, 0) is 10.5 Å². The summed E-state index contributed by atoms with van der Waals surface area (Å²) in [7, 11) is 0. The van der Waals surface area contributed by atoms with Crippen molar-refractivity contribution in [3.63, 3.8) is 0 Å². The topological polar surface area (TPSA) is 78.1 Å². The highest BCUT2D eigenvalue weighted by Crippen LogP contribution is 2.29. The molecule has 19 heavy (non-hydrogen) atoms. The van der Waals surface area contributed by atoms with E-state index < -0.39 is 5.97 Å². The second-order valence-electron chi connectivity index (χ2n) is 3.23. The number of hydrogen-bond donors (Lipinski definition) is 0. The van der Waals surface area contributed by atoms with E-state index in [1.54, 1.807) is 24.8 Å². The molecule has 6 nitrogen and oxygen atoms in total. The number of carbonyl (C=O) groups excluding carboxylic acids is 1. The fraction of sp³-hybridized carbons (Fsp3) is 0.400. The van der Waals surface area contributed by atoms with Crippen LogP contribution in [0, 0.1) is 0 Å². The quantitative estimate of drug-likeness (QED) is 0.594. The lowest BCUT2D eigenvalue weighted by Gasteiger charge is -1.94. The Bertz CT molecular complexity index is 555. The van der Waals surface area contributed by atoms with E-state index in [0.29, 0.717) is 18.1 Å². The van der Waals surface area contributed by atoms with Gasteiger partial charge in [-0.15, -0.1) is 10.2 Å². The zero-order valence-corrected chi connectivity index (χ0v) is 12.7. The van der Waals surface area contributed by atoms with E-state index >= 15 is 0 Å². The van der Waals surface area contributed by atoms with Crippen molar-refractivity contribution in [3.8, 4) is 0 Å². The number of rotatable bonds is 6.